The lowest BCUT2D eigenvalue weighted by Crippen LogP contribution is -2.35. The largest absolute Gasteiger partial charge is 0.490 e. The molecule has 0 radical (unpaired) electrons. The molecule has 2 aromatic heterocycles. The van der Waals surface area contributed by atoms with Crippen LogP contribution in [0.3, 0.4) is 0 Å². The van der Waals surface area contributed by atoms with Gasteiger partial charge in [-0.2, -0.15) is 8.78 Å². The first-order valence-corrected chi connectivity index (χ1v) is 18.5. The average Bonchev–Trinajstić information content (AvgIpc) is 3.43. The maximum Gasteiger partial charge on any atom is 0.288 e. The Hall–Kier alpha value is -3.25. The molecule has 0 fully saturated rings. The Morgan fingerprint density at radius 1 is 1.10 bits per heavy atom. The topological polar surface area (TPSA) is 121 Å². The van der Waals surface area contributed by atoms with Crippen LogP contribution < -0.4 is 20.1 Å². The molecule has 2 amide bonds. The summed E-state index contributed by atoms with van der Waals surface area (Å²) in [6.45, 7) is 20.4. The van der Waals surface area contributed by atoms with E-state index in [1.54, 1.807) is 19.2 Å². The van der Waals surface area contributed by atoms with E-state index in [-0.39, 0.29) is 47.5 Å². The maximum atomic E-state index is 13.7. The fourth-order valence-electron chi connectivity index (χ4n) is 5.31. The van der Waals surface area contributed by atoms with Crippen LogP contribution in [0.1, 0.15) is 87.0 Å². The molecule has 10 nitrogen and oxygen atoms in total. The Balaban J connectivity index is 0.000000641. The lowest BCUT2D eigenvalue weighted by atomic mass is 9.86. The van der Waals surface area contributed by atoms with Gasteiger partial charge in [-0.3, -0.25) is 9.59 Å². The zero-order valence-corrected chi connectivity index (χ0v) is 33.5. The molecule has 284 valence electrons. The van der Waals surface area contributed by atoms with Crippen molar-refractivity contribution >= 4 is 48.3 Å². The second-order valence-corrected chi connectivity index (χ2v) is 15.1. The Labute approximate surface area is 307 Å². The van der Waals surface area contributed by atoms with Crippen molar-refractivity contribution in [2.75, 3.05) is 39.3 Å². The summed E-state index contributed by atoms with van der Waals surface area (Å²) in [5.74, 6) is 1.80. The predicted octanol–water partition coefficient (Wildman–Crippen LogP) is 8.55. The number of rotatable bonds is 18. The second kappa shape index (κ2) is 20.7. The number of hydrogen-bond acceptors (Lipinski definition) is 9. The zero-order chi connectivity index (χ0) is 38.5. The third-order valence-electron chi connectivity index (χ3n) is 8.11. The fourth-order valence-corrected chi connectivity index (χ4v) is 6.65. The molecule has 3 aromatic rings. The van der Waals surface area contributed by atoms with Crippen LogP contribution in [0.25, 0.3) is 10.2 Å². The number of thiazole rings is 1. The number of carbonyl (C=O) groups excluding carboxylic acids is 2. The number of nitrogens with zero attached hydrogens (tertiary/aromatic N) is 2. The molecule has 3 rings (SSSR count). The van der Waals surface area contributed by atoms with E-state index < -0.39 is 23.6 Å². The third-order valence-corrected chi connectivity index (χ3v) is 9.41. The number of alkyl halides is 2. The molecule has 0 saturated carbocycles. The van der Waals surface area contributed by atoms with Gasteiger partial charge in [0, 0.05) is 26.3 Å². The van der Waals surface area contributed by atoms with Crippen LogP contribution >= 0.6 is 20.6 Å². The number of methoxy groups -OCH3 is 2. The molecule has 0 saturated heterocycles. The van der Waals surface area contributed by atoms with Crippen LogP contribution in [0.5, 0.6) is 11.6 Å². The smallest absolute Gasteiger partial charge is 0.288 e. The van der Waals surface area contributed by atoms with E-state index in [2.05, 4.69) is 54.9 Å². The Bertz CT molecular complexity index is 1600. The Morgan fingerprint density at radius 2 is 1.78 bits per heavy atom. The number of fused-ring (bicyclic) bond motifs is 1. The number of pyridine rings is 1. The Morgan fingerprint density at radius 3 is 2.35 bits per heavy atom. The first-order valence-electron chi connectivity index (χ1n) is 17.1. The van der Waals surface area contributed by atoms with Crippen molar-refractivity contribution in [1.82, 2.24) is 15.3 Å². The highest BCUT2D eigenvalue weighted by Gasteiger charge is 2.35. The van der Waals surface area contributed by atoms with Crippen LogP contribution in [0.15, 0.2) is 36.5 Å². The van der Waals surface area contributed by atoms with Gasteiger partial charge in [0.2, 0.25) is 5.88 Å². The zero-order valence-electron chi connectivity index (χ0n) is 31.5. The quantitative estimate of drug-likeness (QED) is 0.0754. The molecule has 1 aromatic carbocycles. The van der Waals surface area contributed by atoms with E-state index in [1.807, 2.05) is 20.8 Å². The number of benzene rings is 1. The van der Waals surface area contributed by atoms with Crippen molar-refractivity contribution in [3.05, 3.63) is 52.7 Å². The Kier molecular flexibility index (Phi) is 17.8. The standard InChI is InChI=1S/C26H31F2N4O5PS.C11H24O/c1-13(2)23(26(27,28)38)36-10-9-29-24(33)16-11-20(35-6)30-12-18(16)32-25(34)21-19(37-14(3)4)8-7-17-22(21)39-15(5)31-17;1-6-10(3)11(4)7-9(2)8-12-5/h7-8,11-12,14,23H,1,9-10,38H2,2-6H3,(H,29,33)(H,32,34);9-11H,6-8H2,1-5H3. The molecule has 0 aliphatic rings. The SMILES string of the molecule is C=C(C)C(OCCNC(=O)c1cc(OC)ncc1NC(=O)c1c(OC(C)C)ccc2nc(C)sc12)C(F)(F)P.CCC(C)C(C)CC(C)COC. The highest BCUT2D eigenvalue weighted by atomic mass is 32.1. The van der Waals surface area contributed by atoms with Crippen molar-refractivity contribution < 1.29 is 37.3 Å². The summed E-state index contributed by atoms with van der Waals surface area (Å²) < 4.78 is 49.4. The van der Waals surface area contributed by atoms with E-state index in [0.717, 1.165) is 23.5 Å². The van der Waals surface area contributed by atoms with Crippen molar-refractivity contribution in [2.24, 2.45) is 17.8 Å². The number of amides is 2. The minimum atomic E-state index is -3.20. The van der Waals surface area contributed by atoms with E-state index in [1.165, 1.54) is 59.7 Å². The minimum absolute atomic E-state index is 0.0574. The van der Waals surface area contributed by atoms with Gasteiger partial charge in [-0.05, 0) is 69.6 Å². The minimum Gasteiger partial charge on any atom is -0.490 e. The van der Waals surface area contributed by atoms with E-state index in [9.17, 15) is 18.4 Å². The van der Waals surface area contributed by atoms with Crippen LogP contribution in [0.4, 0.5) is 14.5 Å². The van der Waals surface area contributed by atoms with Crippen molar-refractivity contribution in [3.63, 3.8) is 0 Å². The highest BCUT2D eigenvalue weighted by Crippen LogP contribution is 2.34. The van der Waals surface area contributed by atoms with Gasteiger partial charge in [0.15, 0.2) is 0 Å². The average molecular weight is 753 g/mol. The summed E-state index contributed by atoms with van der Waals surface area (Å²) in [6.07, 6.45) is 2.18. The summed E-state index contributed by atoms with van der Waals surface area (Å²) in [7, 11) is 4.60. The first kappa shape index (κ1) is 43.9. The van der Waals surface area contributed by atoms with E-state index >= 15 is 0 Å². The van der Waals surface area contributed by atoms with E-state index in [0.29, 0.717) is 21.9 Å². The van der Waals surface area contributed by atoms with Gasteiger partial charge in [0.1, 0.15) is 17.4 Å². The van der Waals surface area contributed by atoms with Gasteiger partial charge in [0.05, 0.1) is 52.5 Å². The molecule has 5 unspecified atom stereocenters. The molecule has 0 aliphatic carbocycles. The molecule has 51 heavy (non-hydrogen) atoms. The lowest BCUT2D eigenvalue weighted by Gasteiger charge is -2.24. The molecule has 0 aliphatic heterocycles. The van der Waals surface area contributed by atoms with Crippen molar-refractivity contribution in [2.45, 2.75) is 86.1 Å². The normalized spacial score (nSPS) is 13.8. The van der Waals surface area contributed by atoms with Crippen LogP contribution in [0, 0.1) is 24.7 Å². The van der Waals surface area contributed by atoms with Crippen LogP contribution in [-0.2, 0) is 9.47 Å². The summed E-state index contributed by atoms with van der Waals surface area (Å²) in [6, 6.07) is 4.84. The van der Waals surface area contributed by atoms with E-state index in [4.69, 9.17) is 18.9 Å². The maximum absolute atomic E-state index is 13.7. The number of anilines is 1. The van der Waals surface area contributed by atoms with Gasteiger partial charge >= 0.3 is 0 Å². The number of hydrogen-bond donors (Lipinski definition) is 2. The molecular formula is C37H55F2N4O6PS. The summed E-state index contributed by atoms with van der Waals surface area (Å²) in [5.41, 5.74) is -1.95. The molecule has 0 bridgehead atoms. The highest BCUT2D eigenvalue weighted by molar-refractivity contribution is 7.19. The number of halogens is 2. The number of aromatic nitrogens is 2. The molecule has 5 atom stereocenters. The predicted molar refractivity (Wildman–Crippen MR) is 205 cm³/mol. The van der Waals surface area contributed by atoms with Crippen molar-refractivity contribution in [3.8, 4) is 11.6 Å². The second-order valence-electron chi connectivity index (χ2n) is 13.1. The van der Waals surface area contributed by atoms with Gasteiger partial charge < -0.3 is 29.6 Å². The summed E-state index contributed by atoms with van der Waals surface area (Å²) >= 11 is 1.35. The lowest BCUT2D eigenvalue weighted by molar-refractivity contribution is -0.0571. The molecule has 2 heterocycles. The van der Waals surface area contributed by atoms with Gasteiger partial charge in [0.25, 0.3) is 17.5 Å². The molecular weight excluding hydrogens is 697 g/mol. The third kappa shape index (κ3) is 13.7. The number of carbonyl (C=O) groups is 2. The fraction of sp³-hybridized carbons (Fsp3) is 0.568. The monoisotopic (exact) mass is 752 g/mol. The molecule has 0 spiro atoms. The van der Waals surface area contributed by atoms with Gasteiger partial charge in [-0.15, -0.1) is 11.3 Å². The summed E-state index contributed by atoms with van der Waals surface area (Å²) in [5, 5.41) is 6.14. The van der Waals surface area contributed by atoms with Crippen LogP contribution in [0.2, 0.25) is 0 Å². The van der Waals surface area contributed by atoms with Gasteiger partial charge in [-0.1, -0.05) is 49.9 Å². The first-order chi connectivity index (χ1) is 23.9. The van der Waals surface area contributed by atoms with Gasteiger partial charge in [-0.25, -0.2) is 9.97 Å². The number of nitrogens with one attached hydrogen (secondary N) is 2. The van der Waals surface area contributed by atoms with Crippen molar-refractivity contribution in [1.29, 1.82) is 0 Å². The molecule has 14 heteroatoms. The van der Waals surface area contributed by atoms with Crippen LogP contribution in [-0.4, -0.2) is 73.6 Å². The number of aryl methyl sites for hydroxylation is 1. The molecule has 2 N–H and O–H groups in total. The summed E-state index contributed by atoms with van der Waals surface area (Å²) in [4.78, 5) is 35.2. The number of ether oxygens (including phenoxy) is 4.